The molecule has 0 aliphatic heterocycles. The number of fused-ring (bicyclic) bond motifs is 7. The van der Waals surface area contributed by atoms with Crippen LogP contribution in [-0.4, -0.2) is 40.6 Å². The SMILES string of the molecule is C=C(C)C1CCC2(C(=O)NCc3ccc(C(=O)NCCCCC(=O)O)cc3)CC[C@]3(C)C(CCC4C5(C)CCC(O)C(C)(C)C5CCC43C)C12. The van der Waals surface area contributed by atoms with Gasteiger partial charge in [-0.3, -0.25) is 14.4 Å². The van der Waals surface area contributed by atoms with Crippen LogP contribution in [0.2, 0.25) is 0 Å². The van der Waals surface area contributed by atoms with Crippen LogP contribution < -0.4 is 10.6 Å². The number of aliphatic hydroxyl groups excluding tert-OH is 1. The number of hydrogen-bond acceptors (Lipinski definition) is 4. The summed E-state index contributed by atoms with van der Waals surface area (Å²) in [4.78, 5) is 37.9. The van der Waals surface area contributed by atoms with Crippen molar-refractivity contribution in [3.05, 3.63) is 47.5 Å². The van der Waals surface area contributed by atoms with E-state index in [1.165, 1.54) is 31.3 Å². The molecule has 1 aromatic rings. The van der Waals surface area contributed by atoms with Crippen molar-refractivity contribution >= 4 is 17.8 Å². The number of benzene rings is 1. The standard InChI is InChI=1S/C43H64N2O5/c1-27(2)30-17-22-43(38(50)45-26-28-11-13-29(14-12-28)37(49)44-25-9-8-10-35(47)48)24-23-41(6)31(36(30)43)15-16-33-40(5)20-19-34(46)39(3,4)32(40)18-21-42(33,41)7/h11-14,30-34,36,46H,1,8-10,15-26H2,2-7H3,(H,44,49)(H,45,50)(H,47,48)/t30?,31?,32?,33?,34?,36?,40?,41-,42?,43?/m1/s1. The van der Waals surface area contributed by atoms with Crippen LogP contribution in [0.4, 0.5) is 0 Å². The number of carboxylic acid groups (broad SMARTS) is 1. The van der Waals surface area contributed by atoms with E-state index in [9.17, 15) is 19.5 Å². The van der Waals surface area contributed by atoms with Crippen molar-refractivity contribution in [3.63, 3.8) is 0 Å². The maximum atomic E-state index is 14.5. The highest BCUT2D eigenvalue weighted by Gasteiger charge is 2.71. The van der Waals surface area contributed by atoms with Crippen molar-refractivity contribution in [1.29, 1.82) is 0 Å². The Bertz CT molecular complexity index is 1490. The molecule has 5 aliphatic rings. The molecule has 5 aliphatic carbocycles. The van der Waals surface area contributed by atoms with Crippen LogP contribution in [0.1, 0.15) is 141 Å². The highest BCUT2D eigenvalue weighted by Crippen LogP contribution is 2.77. The van der Waals surface area contributed by atoms with Gasteiger partial charge in [0, 0.05) is 25.1 Å². The van der Waals surface area contributed by atoms with Gasteiger partial charge in [0.05, 0.1) is 11.5 Å². The third-order valence-corrected chi connectivity index (χ3v) is 16.3. The minimum absolute atomic E-state index is 0.0559. The van der Waals surface area contributed by atoms with E-state index in [0.29, 0.717) is 61.1 Å². The zero-order valence-electron chi connectivity index (χ0n) is 31.7. The highest BCUT2D eigenvalue weighted by atomic mass is 16.4. The summed E-state index contributed by atoms with van der Waals surface area (Å²) in [6.07, 6.45) is 11.8. The fourth-order valence-corrected chi connectivity index (χ4v) is 13.4. The van der Waals surface area contributed by atoms with Crippen molar-refractivity contribution in [2.24, 2.45) is 56.7 Å². The van der Waals surface area contributed by atoms with Crippen molar-refractivity contribution < 1.29 is 24.6 Å². The molecule has 0 radical (unpaired) electrons. The van der Waals surface area contributed by atoms with Gasteiger partial charge in [0.15, 0.2) is 0 Å². The first kappa shape index (κ1) is 37.1. The summed E-state index contributed by atoms with van der Waals surface area (Å²) < 4.78 is 0. The molecule has 6 rings (SSSR count). The molecule has 10 atom stereocenters. The number of rotatable bonds is 10. The molecule has 5 fully saturated rings. The zero-order valence-corrected chi connectivity index (χ0v) is 31.7. The maximum absolute atomic E-state index is 14.5. The predicted octanol–water partition coefficient (Wildman–Crippen LogP) is 8.31. The minimum Gasteiger partial charge on any atom is -0.481 e. The van der Waals surface area contributed by atoms with Crippen molar-refractivity contribution in [2.45, 2.75) is 138 Å². The van der Waals surface area contributed by atoms with Gasteiger partial charge >= 0.3 is 5.97 Å². The molecule has 7 nitrogen and oxygen atoms in total. The second-order valence-electron chi connectivity index (χ2n) is 18.7. The number of aliphatic carboxylic acids is 1. The van der Waals surface area contributed by atoms with Crippen LogP contribution in [0, 0.1) is 56.7 Å². The van der Waals surface area contributed by atoms with E-state index in [2.05, 4.69) is 58.8 Å². The molecule has 0 aromatic heterocycles. The lowest BCUT2D eigenvalue weighted by Gasteiger charge is -2.72. The third kappa shape index (κ3) is 5.86. The first-order valence-electron chi connectivity index (χ1n) is 19.7. The second-order valence-corrected chi connectivity index (χ2v) is 18.7. The molecule has 1 aromatic carbocycles. The van der Waals surface area contributed by atoms with Gasteiger partial charge in [0.2, 0.25) is 5.91 Å². The average Bonchev–Trinajstić information content (AvgIpc) is 3.47. The highest BCUT2D eigenvalue weighted by molar-refractivity contribution is 5.94. The van der Waals surface area contributed by atoms with Gasteiger partial charge in [-0.05, 0) is 153 Å². The van der Waals surface area contributed by atoms with Gasteiger partial charge in [-0.2, -0.15) is 0 Å². The van der Waals surface area contributed by atoms with Crippen molar-refractivity contribution in [2.75, 3.05) is 6.54 Å². The average molecular weight is 689 g/mol. The molecular formula is C43H64N2O5. The monoisotopic (exact) mass is 688 g/mol. The van der Waals surface area contributed by atoms with Gasteiger partial charge in [-0.25, -0.2) is 0 Å². The Hall–Kier alpha value is -2.67. The van der Waals surface area contributed by atoms with Crippen LogP contribution in [-0.2, 0) is 16.1 Å². The van der Waals surface area contributed by atoms with Crippen LogP contribution in [0.5, 0.6) is 0 Å². The molecule has 5 saturated carbocycles. The largest absolute Gasteiger partial charge is 0.481 e. The predicted molar refractivity (Wildman–Crippen MR) is 197 cm³/mol. The molecule has 4 N–H and O–H groups in total. The summed E-state index contributed by atoms with van der Waals surface area (Å²) in [6, 6.07) is 7.44. The summed E-state index contributed by atoms with van der Waals surface area (Å²) in [6.45, 7) is 20.0. The van der Waals surface area contributed by atoms with E-state index in [1.807, 2.05) is 12.1 Å². The van der Waals surface area contributed by atoms with Gasteiger partial charge in [0.1, 0.15) is 0 Å². The Morgan fingerprint density at radius 2 is 1.54 bits per heavy atom. The van der Waals surface area contributed by atoms with Crippen LogP contribution in [0.3, 0.4) is 0 Å². The number of carboxylic acids is 1. The van der Waals surface area contributed by atoms with E-state index in [4.69, 9.17) is 5.11 Å². The fraction of sp³-hybridized carbons (Fsp3) is 0.744. The molecule has 9 unspecified atom stereocenters. The van der Waals surface area contributed by atoms with Crippen molar-refractivity contribution in [1.82, 2.24) is 10.6 Å². The molecule has 0 spiro atoms. The number of aliphatic hydroxyl groups is 1. The smallest absolute Gasteiger partial charge is 0.303 e. The summed E-state index contributed by atoms with van der Waals surface area (Å²) in [5.41, 5.74) is 2.92. The number of carbonyl (C=O) groups is 3. The molecule has 0 saturated heterocycles. The van der Waals surface area contributed by atoms with Gasteiger partial charge in [-0.1, -0.05) is 58.9 Å². The minimum atomic E-state index is -0.820. The van der Waals surface area contributed by atoms with Crippen LogP contribution in [0.15, 0.2) is 36.4 Å². The Morgan fingerprint density at radius 3 is 2.22 bits per heavy atom. The first-order chi connectivity index (χ1) is 23.5. The molecule has 0 heterocycles. The van der Waals surface area contributed by atoms with E-state index in [0.717, 1.165) is 44.1 Å². The third-order valence-electron chi connectivity index (χ3n) is 16.3. The number of carbonyl (C=O) groups excluding carboxylic acids is 2. The lowest BCUT2D eigenvalue weighted by molar-refractivity contribution is -0.246. The lowest BCUT2D eigenvalue weighted by atomic mass is 9.32. The number of allylic oxidation sites excluding steroid dienone is 1. The normalized spacial score (nSPS) is 40.0. The summed E-state index contributed by atoms with van der Waals surface area (Å²) in [5, 5.41) is 26.1. The van der Waals surface area contributed by atoms with E-state index >= 15 is 0 Å². The molecule has 7 heteroatoms. The van der Waals surface area contributed by atoms with Gasteiger partial charge < -0.3 is 20.8 Å². The van der Waals surface area contributed by atoms with E-state index in [-0.39, 0.29) is 51.4 Å². The second kappa shape index (κ2) is 13.4. The summed E-state index contributed by atoms with van der Waals surface area (Å²) in [5.74, 6) is 1.53. The Morgan fingerprint density at radius 1 is 0.820 bits per heavy atom. The first-order valence-corrected chi connectivity index (χ1v) is 19.7. The topological polar surface area (TPSA) is 116 Å². The number of unbranched alkanes of at least 4 members (excludes halogenated alkanes) is 1. The number of hydrogen-bond donors (Lipinski definition) is 4. The Balaban J connectivity index is 1.17. The lowest BCUT2D eigenvalue weighted by Crippen LogP contribution is -2.67. The number of amides is 2. The fourth-order valence-electron chi connectivity index (χ4n) is 13.4. The molecular weight excluding hydrogens is 624 g/mol. The zero-order chi connectivity index (χ0) is 36.3. The summed E-state index contributed by atoms with van der Waals surface area (Å²) >= 11 is 0. The van der Waals surface area contributed by atoms with Gasteiger partial charge in [-0.15, -0.1) is 0 Å². The molecule has 2 amide bonds. The van der Waals surface area contributed by atoms with Crippen LogP contribution in [0.25, 0.3) is 0 Å². The molecule has 276 valence electrons. The molecule has 0 bridgehead atoms. The quantitative estimate of drug-likeness (QED) is 0.146. The van der Waals surface area contributed by atoms with Crippen LogP contribution >= 0.6 is 0 Å². The van der Waals surface area contributed by atoms with Crippen molar-refractivity contribution in [3.8, 4) is 0 Å². The molecule has 50 heavy (non-hydrogen) atoms. The Kier molecular flexibility index (Phi) is 9.93. The van der Waals surface area contributed by atoms with E-state index < -0.39 is 5.97 Å². The Labute approximate surface area is 300 Å². The van der Waals surface area contributed by atoms with E-state index in [1.54, 1.807) is 12.1 Å². The maximum Gasteiger partial charge on any atom is 0.303 e. The number of nitrogens with one attached hydrogen (secondary N) is 2. The summed E-state index contributed by atoms with van der Waals surface area (Å²) in [7, 11) is 0. The van der Waals surface area contributed by atoms with Gasteiger partial charge in [0.25, 0.3) is 5.91 Å².